The number of benzene rings is 2. The normalized spacial score (nSPS) is 9.85. The van der Waals surface area contributed by atoms with Crippen molar-refractivity contribution in [2.45, 2.75) is 67.2 Å². The second kappa shape index (κ2) is 16.8. The highest BCUT2D eigenvalue weighted by Gasteiger charge is 2.03. The Kier molecular flexibility index (Phi) is 16.0. The van der Waals surface area contributed by atoms with Crippen LogP contribution in [0.25, 0.3) is 0 Å². The van der Waals surface area contributed by atoms with Gasteiger partial charge in [-0.15, -0.1) is 0 Å². The zero-order chi connectivity index (χ0) is 25.6. The van der Waals surface area contributed by atoms with Gasteiger partial charge < -0.3 is 24.5 Å². The topological polar surface area (TPSA) is 83.8 Å². The molecule has 0 spiro atoms. The van der Waals surface area contributed by atoms with Crippen LogP contribution in [-0.4, -0.2) is 35.0 Å². The Hall–Kier alpha value is -1.70. The number of ether oxygens (including phenoxy) is 1. The smallest absolute Gasteiger partial charge is 0.129 e. The van der Waals surface area contributed by atoms with Gasteiger partial charge >= 0.3 is 0 Å². The summed E-state index contributed by atoms with van der Waals surface area (Å²) in [5.41, 5.74) is 4.47. The SMILES string of the molecule is CC(=O)CCCO.CC(=O)CCCOc1cc(C)c(Br)c(C)c1.Cc1cc(O)cc(C)c1Br. The zero-order valence-corrected chi connectivity index (χ0v) is 23.6. The van der Waals surface area contributed by atoms with Crippen molar-refractivity contribution < 1.29 is 24.5 Å². The van der Waals surface area contributed by atoms with Crippen LogP contribution in [0, 0.1) is 27.7 Å². The van der Waals surface area contributed by atoms with Crippen molar-refractivity contribution in [1.82, 2.24) is 0 Å². The first-order valence-electron chi connectivity index (χ1n) is 10.8. The van der Waals surface area contributed by atoms with Crippen molar-refractivity contribution in [3.05, 3.63) is 55.5 Å². The highest BCUT2D eigenvalue weighted by molar-refractivity contribution is 9.10. The Morgan fingerprint density at radius 2 is 1.18 bits per heavy atom. The van der Waals surface area contributed by atoms with E-state index in [1.54, 1.807) is 19.1 Å². The first kappa shape index (κ1) is 31.3. The van der Waals surface area contributed by atoms with Gasteiger partial charge in [-0.3, -0.25) is 0 Å². The van der Waals surface area contributed by atoms with Crippen molar-refractivity contribution in [2.75, 3.05) is 13.2 Å². The van der Waals surface area contributed by atoms with E-state index in [-0.39, 0.29) is 18.2 Å². The minimum absolute atomic E-state index is 0.125. The molecular weight excluding hydrogens is 552 g/mol. The number of aliphatic hydroxyl groups is 1. The van der Waals surface area contributed by atoms with E-state index in [1.165, 1.54) is 18.1 Å². The van der Waals surface area contributed by atoms with Crippen LogP contribution >= 0.6 is 31.9 Å². The van der Waals surface area contributed by atoms with E-state index in [0.29, 0.717) is 31.6 Å². The molecule has 0 aliphatic rings. The van der Waals surface area contributed by atoms with Gasteiger partial charge in [-0.25, -0.2) is 0 Å². The van der Waals surface area contributed by atoms with Crippen LogP contribution in [0.1, 0.15) is 61.8 Å². The third kappa shape index (κ3) is 14.2. The maximum absolute atomic E-state index is 10.7. The van der Waals surface area contributed by atoms with Crippen LogP contribution < -0.4 is 4.74 Å². The molecule has 0 saturated heterocycles. The number of halogens is 2. The standard InChI is InChI=1S/C13H17BrO2.C8H9BrO.C5H10O2/c1-9-7-12(8-10(2)13(9)14)16-6-4-5-11(3)15;1-5-3-7(10)4-6(2)8(5)9;1-5(7)3-2-4-6/h7-8H,4-6H2,1-3H3;3-4,10H,1-2H3;6H,2-4H2,1H3. The number of hydrogen-bond acceptors (Lipinski definition) is 5. The molecule has 0 aliphatic heterocycles. The molecule has 0 atom stereocenters. The fourth-order valence-electron chi connectivity index (χ4n) is 2.75. The lowest BCUT2D eigenvalue weighted by molar-refractivity contribution is -0.118. The number of phenolic OH excluding ortho intramolecular Hbond substituents is 1. The third-order valence-corrected chi connectivity index (χ3v) is 6.96. The molecule has 0 aliphatic carbocycles. The molecule has 184 valence electrons. The Morgan fingerprint density at radius 1 is 0.788 bits per heavy atom. The number of phenols is 1. The maximum atomic E-state index is 10.7. The Bertz CT molecular complexity index is 864. The van der Waals surface area contributed by atoms with E-state index in [0.717, 1.165) is 32.2 Å². The van der Waals surface area contributed by atoms with E-state index in [2.05, 4.69) is 31.9 Å². The van der Waals surface area contributed by atoms with E-state index in [4.69, 9.17) is 14.9 Å². The van der Waals surface area contributed by atoms with Crippen LogP contribution in [0.2, 0.25) is 0 Å². The van der Waals surface area contributed by atoms with Gasteiger partial charge in [0.1, 0.15) is 23.1 Å². The van der Waals surface area contributed by atoms with Gasteiger partial charge in [-0.05, 0) is 101 Å². The first-order chi connectivity index (χ1) is 15.4. The van der Waals surface area contributed by atoms with E-state index in [1.807, 2.05) is 39.8 Å². The maximum Gasteiger partial charge on any atom is 0.129 e. The third-order valence-electron chi connectivity index (χ3n) is 4.46. The Morgan fingerprint density at radius 3 is 1.55 bits per heavy atom. The molecule has 0 heterocycles. The summed E-state index contributed by atoms with van der Waals surface area (Å²) in [6.07, 6.45) is 2.49. The molecule has 7 heteroatoms. The number of carbonyl (C=O) groups is 2. The van der Waals surface area contributed by atoms with Gasteiger partial charge in [-0.2, -0.15) is 0 Å². The molecule has 2 N–H and O–H groups in total. The number of aryl methyl sites for hydroxylation is 4. The highest BCUT2D eigenvalue weighted by atomic mass is 79.9. The summed E-state index contributed by atoms with van der Waals surface area (Å²) >= 11 is 6.92. The molecule has 5 nitrogen and oxygen atoms in total. The lowest BCUT2D eigenvalue weighted by Gasteiger charge is -2.09. The van der Waals surface area contributed by atoms with E-state index in [9.17, 15) is 9.59 Å². The van der Waals surface area contributed by atoms with Gasteiger partial charge in [-0.1, -0.05) is 31.9 Å². The summed E-state index contributed by atoms with van der Waals surface area (Å²) in [5.74, 6) is 1.57. The van der Waals surface area contributed by atoms with Crippen LogP contribution in [0.5, 0.6) is 11.5 Å². The van der Waals surface area contributed by atoms with Crippen LogP contribution in [0.4, 0.5) is 0 Å². The Labute approximate surface area is 214 Å². The molecule has 0 amide bonds. The quantitative estimate of drug-likeness (QED) is 0.327. The average molecular weight is 588 g/mol. The van der Waals surface area contributed by atoms with E-state index < -0.39 is 0 Å². The van der Waals surface area contributed by atoms with Gasteiger partial charge in [0.25, 0.3) is 0 Å². The highest BCUT2D eigenvalue weighted by Crippen LogP contribution is 2.26. The fraction of sp³-hybridized carbons (Fsp3) is 0.462. The van der Waals surface area contributed by atoms with Crippen LogP contribution in [0.3, 0.4) is 0 Å². The van der Waals surface area contributed by atoms with Gasteiger partial charge in [0.2, 0.25) is 0 Å². The van der Waals surface area contributed by atoms with Crippen molar-refractivity contribution in [3.63, 3.8) is 0 Å². The monoisotopic (exact) mass is 586 g/mol. The molecule has 0 radical (unpaired) electrons. The lowest BCUT2D eigenvalue weighted by Crippen LogP contribution is -2.01. The molecule has 2 rings (SSSR count). The summed E-state index contributed by atoms with van der Waals surface area (Å²) in [6.45, 7) is 11.8. The predicted molar refractivity (Wildman–Crippen MR) is 141 cm³/mol. The van der Waals surface area contributed by atoms with Crippen LogP contribution in [-0.2, 0) is 9.59 Å². The van der Waals surface area contributed by atoms with Crippen LogP contribution in [0.15, 0.2) is 33.2 Å². The average Bonchev–Trinajstić information content (AvgIpc) is 2.72. The fourth-order valence-corrected chi connectivity index (χ4v) is 3.21. The number of rotatable bonds is 8. The molecule has 0 unspecified atom stereocenters. The van der Waals surface area contributed by atoms with Gasteiger partial charge in [0.05, 0.1) is 6.61 Å². The molecule has 33 heavy (non-hydrogen) atoms. The van der Waals surface area contributed by atoms with Crippen molar-refractivity contribution in [1.29, 1.82) is 0 Å². The molecular formula is C26H36Br2O5. The molecule has 0 saturated carbocycles. The summed E-state index contributed by atoms with van der Waals surface area (Å²) in [7, 11) is 0. The molecule has 0 aromatic heterocycles. The summed E-state index contributed by atoms with van der Waals surface area (Å²) in [6, 6.07) is 7.48. The minimum atomic E-state index is 0.125. The predicted octanol–water partition coefficient (Wildman–Crippen LogP) is 6.93. The second-order valence-electron chi connectivity index (χ2n) is 7.95. The van der Waals surface area contributed by atoms with Crippen molar-refractivity contribution in [3.8, 4) is 11.5 Å². The molecule has 2 aromatic rings. The minimum Gasteiger partial charge on any atom is -0.508 e. The molecule has 0 fully saturated rings. The number of aliphatic hydroxyl groups excluding tert-OH is 1. The van der Waals surface area contributed by atoms with Crippen molar-refractivity contribution >= 4 is 43.4 Å². The summed E-state index contributed by atoms with van der Waals surface area (Å²) < 4.78 is 7.80. The van der Waals surface area contributed by atoms with Gasteiger partial charge in [0.15, 0.2) is 0 Å². The van der Waals surface area contributed by atoms with Crippen molar-refractivity contribution in [2.24, 2.45) is 0 Å². The summed E-state index contributed by atoms with van der Waals surface area (Å²) in [4.78, 5) is 20.8. The second-order valence-corrected chi connectivity index (χ2v) is 9.53. The lowest BCUT2D eigenvalue weighted by atomic mass is 10.1. The molecule has 2 aromatic carbocycles. The largest absolute Gasteiger partial charge is 0.508 e. The summed E-state index contributed by atoms with van der Waals surface area (Å²) in [5, 5.41) is 17.3. The number of carbonyl (C=O) groups excluding carboxylic acids is 2. The number of Topliss-reactive ketones (excluding diaryl/α,β-unsaturated/α-hetero) is 2. The van der Waals surface area contributed by atoms with Gasteiger partial charge in [0, 0.05) is 28.4 Å². The Balaban J connectivity index is 0.000000514. The number of aromatic hydroxyl groups is 1. The molecule has 0 bridgehead atoms. The number of hydrogen-bond donors (Lipinski definition) is 2. The number of ketones is 2. The zero-order valence-electron chi connectivity index (χ0n) is 20.4. The first-order valence-corrected chi connectivity index (χ1v) is 12.4. The van der Waals surface area contributed by atoms with E-state index >= 15 is 0 Å².